The van der Waals surface area contributed by atoms with Crippen LogP contribution >= 0.6 is 0 Å². The van der Waals surface area contributed by atoms with Crippen LogP contribution in [0.4, 0.5) is 0 Å². The van der Waals surface area contributed by atoms with Crippen LogP contribution in [0, 0.1) is 0 Å². The van der Waals surface area contributed by atoms with Crippen LogP contribution in [0.25, 0.3) is 11.0 Å². The van der Waals surface area contributed by atoms with Crippen LogP contribution in [0.1, 0.15) is 56.6 Å². The van der Waals surface area contributed by atoms with E-state index in [0.717, 1.165) is 61.5 Å². The van der Waals surface area contributed by atoms with Gasteiger partial charge in [0.2, 0.25) is 5.91 Å². The van der Waals surface area contributed by atoms with Gasteiger partial charge in [0.1, 0.15) is 11.3 Å². The van der Waals surface area contributed by atoms with Gasteiger partial charge in [0, 0.05) is 42.1 Å². The fourth-order valence-corrected chi connectivity index (χ4v) is 5.31. The lowest BCUT2D eigenvalue weighted by Crippen LogP contribution is -2.54. The molecule has 2 fully saturated rings. The van der Waals surface area contributed by atoms with Crippen molar-refractivity contribution in [3.63, 3.8) is 0 Å². The molecule has 1 N–H and O–H groups in total. The summed E-state index contributed by atoms with van der Waals surface area (Å²) in [5.41, 5.74) is 2.02. The third-order valence-electron chi connectivity index (χ3n) is 7.12. The van der Waals surface area contributed by atoms with Gasteiger partial charge in [0.25, 0.3) is 5.91 Å². The Balaban J connectivity index is 1.28. The zero-order valence-electron chi connectivity index (χ0n) is 17.9. The van der Waals surface area contributed by atoms with Crippen molar-refractivity contribution in [3.05, 3.63) is 39.7 Å². The van der Waals surface area contributed by atoms with E-state index in [1.165, 1.54) is 0 Å². The van der Waals surface area contributed by atoms with Crippen molar-refractivity contribution in [2.75, 3.05) is 13.1 Å². The molecule has 2 aromatic rings. The van der Waals surface area contributed by atoms with E-state index in [1.807, 2.05) is 17.0 Å². The molecular weight excluding hydrogens is 396 g/mol. The molecule has 31 heavy (non-hydrogen) atoms. The molecule has 164 valence electrons. The van der Waals surface area contributed by atoms with Crippen molar-refractivity contribution >= 4 is 22.8 Å². The molecule has 1 aromatic heterocycles. The van der Waals surface area contributed by atoms with E-state index in [9.17, 15) is 14.4 Å². The molecule has 1 unspecified atom stereocenters. The molecule has 1 spiro atoms. The zero-order valence-corrected chi connectivity index (χ0v) is 17.9. The van der Waals surface area contributed by atoms with Crippen LogP contribution in [0.3, 0.4) is 0 Å². The standard InChI is InChI=1S/C24H28N2O5/c1-15(22(28)26-12-10-24(11-13-26)9-8-21(27)25-24)30-16-6-7-18-17-4-2-3-5-19(17)23(29)31-20(18)14-16/h6-7,14-15H,2-5,8-13H2,1H3,(H,25,27). The lowest BCUT2D eigenvalue weighted by Gasteiger charge is -2.39. The van der Waals surface area contributed by atoms with E-state index < -0.39 is 6.10 Å². The van der Waals surface area contributed by atoms with E-state index >= 15 is 0 Å². The summed E-state index contributed by atoms with van der Waals surface area (Å²) in [6.07, 6.45) is 6.12. The number of carbonyl (C=O) groups is 2. The number of hydrogen-bond donors (Lipinski definition) is 1. The lowest BCUT2D eigenvalue weighted by atomic mass is 9.86. The van der Waals surface area contributed by atoms with Gasteiger partial charge in [-0.3, -0.25) is 9.59 Å². The number of hydrogen-bond acceptors (Lipinski definition) is 5. The Hall–Kier alpha value is -2.83. The Kier molecular flexibility index (Phi) is 4.99. The predicted octanol–water partition coefficient (Wildman–Crippen LogP) is 2.71. The fraction of sp³-hybridized carbons (Fsp3) is 0.542. The predicted molar refractivity (Wildman–Crippen MR) is 115 cm³/mol. The molecular formula is C24H28N2O5. The van der Waals surface area contributed by atoms with Gasteiger partial charge in [-0.25, -0.2) is 4.79 Å². The average molecular weight is 424 g/mol. The van der Waals surface area contributed by atoms with Gasteiger partial charge in [-0.15, -0.1) is 0 Å². The quantitative estimate of drug-likeness (QED) is 0.766. The number of ether oxygens (including phenoxy) is 1. The summed E-state index contributed by atoms with van der Waals surface area (Å²) in [4.78, 5) is 38.7. The van der Waals surface area contributed by atoms with Gasteiger partial charge in [-0.05, 0) is 69.6 Å². The first-order valence-electron chi connectivity index (χ1n) is 11.3. The molecule has 2 amide bonds. The van der Waals surface area contributed by atoms with Crippen LogP contribution in [0.15, 0.2) is 27.4 Å². The van der Waals surface area contributed by atoms with Gasteiger partial charge in [0.15, 0.2) is 6.10 Å². The Morgan fingerprint density at radius 1 is 1.10 bits per heavy atom. The van der Waals surface area contributed by atoms with Crippen molar-refractivity contribution < 1.29 is 18.7 Å². The van der Waals surface area contributed by atoms with Crippen molar-refractivity contribution in [1.29, 1.82) is 0 Å². The number of aryl methyl sites for hydroxylation is 1. The number of nitrogens with zero attached hydrogens (tertiary/aromatic N) is 1. The SMILES string of the molecule is CC(Oc1ccc2c3c(c(=O)oc2c1)CCCC3)C(=O)N1CCC2(CCC(=O)N2)CC1. The topological polar surface area (TPSA) is 88.8 Å². The molecule has 0 bridgehead atoms. The first-order chi connectivity index (χ1) is 14.9. The molecule has 1 aromatic carbocycles. The summed E-state index contributed by atoms with van der Waals surface area (Å²) in [7, 11) is 0. The number of rotatable bonds is 3. The molecule has 5 rings (SSSR count). The summed E-state index contributed by atoms with van der Waals surface area (Å²) >= 11 is 0. The maximum atomic E-state index is 12.9. The van der Waals surface area contributed by atoms with Gasteiger partial charge in [-0.1, -0.05) is 0 Å². The first-order valence-corrected chi connectivity index (χ1v) is 11.3. The van der Waals surface area contributed by atoms with E-state index in [1.54, 1.807) is 13.0 Å². The summed E-state index contributed by atoms with van der Waals surface area (Å²) in [5, 5.41) is 4.06. The minimum Gasteiger partial charge on any atom is -0.481 e. The van der Waals surface area contributed by atoms with Crippen LogP contribution in [-0.2, 0) is 22.4 Å². The molecule has 3 aliphatic rings. The fourth-order valence-electron chi connectivity index (χ4n) is 5.31. The number of fused-ring (bicyclic) bond motifs is 3. The Morgan fingerprint density at radius 3 is 2.55 bits per heavy atom. The Labute approximate surface area is 180 Å². The van der Waals surface area contributed by atoms with Crippen LogP contribution in [-0.4, -0.2) is 41.4 Å². The first kappa shape index (κ1) is 20.1. The highest BCUT2D eigenvalue weighted by atomic mass is 16.5. The van der Waals surface area contributed by atoms with E-state index in [-0.39, 0.29) is 23.0 Å². The van der Waals surface area contributed by atoms with Crippen molar-refractivity contribution in [2.24, 2.45) is 0 Å². The molecule has 2 aliphatic heterocycles. The number of benzene rings is 1. The van der Waals surface area contributed by atoms with Crippen molar-refractivity contribution in [2.45, 2.75) is 69.9 Å². The Morgan fingerprint density at radius 2 is 1.84 bits per heavy atom. The third kappa shape index (κ3) is 3.70. The summed E-state index contributed by atoms with van der Waals surface area (Å²) in [6.45, 7) is 2.98. The molecule has 2 saturated heterocycles. The number of carbonyl (C=O) groups excluding carboxylic acids is 2. The van der Waals surface area contributed by atoms with Crippen molar-refractivity contribution in [3.8, 4) is 5.75 Å². The normalized spacial score (nSPS) is 21.1. The van der Waals surface area contributed by atoms with Crippen LogP contribution < -0.4 is 15.7 Å². The molecule has 7 nitrogen and oxygen atoms in total. The monoisotopic (exact) mass is 424 g/mol. The van der Waals surface area contributed by atoms with E-state index in [2.05, 4.69) is 5.32 Å². The minimum absolute atomic E-state index is 0.0637. The number of likely N-dealkylation sites (tertiary alicyclic amines) is 1. The largest absolute Gasteiger partial charge is 0.481 e. The van der Waals surface area contributed by atoms with Gasteiger partial charge in [-0.2, -0.15) is 0 Å². The highest BCUT2D eigenvalue weighted by Gasteiger charge is 2.41. The third-order valence-corrected chi connectivity index (χ3v) is 7.12. The molecule has 0 saturated carbocycles. The molecule has 0 radical (unpaired) electrons. The highest BCUT2D eigenvalue weighted by molar-refractivity contribution is 5.84. The molecule has 1 atom stereocenters. The van der Waals surface area contributed by atoms with E-state index in [0.29, 0.717) is 30.8 Å². The van der Waals surface area contributed by atoms with Gasteiger partial charge < -0.3 is 19.4 Å². The second-order valence-electron chi connectivity index (χ2n) is 9.13. The zero-order chi connectivity index (χ0) is 21.6. The molecule has 7 heteroatoms. The highest BCUT2D eigenvalue weighted by Crippen LogP contribution is 2.32. The van der Waals surface area contributed by atoms with Gasteiger partial charge >= 0.3 is 5.63 Å². The maximum absolute atomic E-state index is 12.9. The Bertz CT molecular complexity index is 1100. The molecule has 1 aliphatic carbocycles. The summed E-state index contributed by atoms with van der Waals surface area (Å²) in [5.74, 6) is 0.565. The second-order valence-corrected chi connectivity index (χ2v) is 9.13. The van der Waals surface area contributed by atoms with Crippen LogP contribution in [0.5, 0.6) is 5.75 Å². The smallest absolute Gasteiger partial charge is 0.339 e. The lowest BCUT2D eigenvalue weighted by molar-refractivity contribution is -0.139. The maximum Gasteiger partial charge on any atom is 0.339 e. The number of piperidine rings is 1. The number of nitrogens with one attached hydrogen (secondary N) is 1. The molecule has 3 heterocycles. The van der Waals surface area contributed by atoms with Crippen molar-refractivity contribution in [1.82, 2.24) is 10.2 Å². The summed E-state index contributed by atoms with van der Waals surface area (Å²) in [6, 6.07) is 5.50. The second kappa shape index (κ2) is 7.70. The van der Waals surface area contributed by atoms with Gasteiger partial charge in [0.05, 0.1) is 0 Å². The van der Waals surface area contributed by atoms with E-state index in [4.69, 9.17) is 9.15 Å². The number of amides is 2. The minimum atomic E-state index is -0.644. The van der Waals surface area contributed by atoms with Crippen LogP contribution in [0.2, 0.25) is 0 Å². The average Bonchev–Trinajstić information content (AvgIpc) is 3.13. The summed E-state index contributed by atoms with van der Waals surface area (Å²) < 4.78 is 11.5.